The van der Waals surface area contributed by atoms with Crippen LogP contribution in [0.15, 0.2) is 18.2 Å². The van der Waals surface area contributed by atoms with Crippen molar-refractivity contribution >= 4 is 11.4 Å². The molecule has 2 aliphatic heterocycles. The quantitative estimate of drug-likeness (QED) is 0.546. The highest BCUT2D eigenvalue weighted by atomic mass is 16.5. The smallest absolute Gasteiger partial charge is 0.0726 e. The number of morpholine rings is 1. The van der Waals surface area contributed by atoms with E-state index in [-0.39, 0.29) is 0 Å². The van der Waals surface area contributed by atoms with Crippen LogP contribution in [0.4, 0.5) is 11.4 Å². The molecule has 2 heterocycles. The molecule has 0 spiro atoms. The Hall–Kier alpha value is -1.26. The largest absolute Gasteiger partial charge is 0.372 e. The minimum atomic E-state index is 0.300. The fourth-order valence-corrected chi connectivity index (χ4v) is 6.05. The molecule has 0 bridgehead atoms. The number of hydrogen-bond donors (Lipinski definition) is 0. The van der Waals surface area contributed by atoms with Gasteiger partial charge in [-0.2, -0.15) is 0 Å². The lowest BCUT2D eigenvalue weighted by atomic mass is 9.71. The molecule has 32 heavy (non-hydrogen) atoms. The summed E-state index contributed by atoms with van der Waals surface area (Å²) in [5, 5.41) is 0. The van der Waals surface area contributed by atoms with E-state index in [2.05, 4.69) is 67.5 Å². The summed E-state index contributed by atoms with van der Waals surface area (Å²) in [5.74, 6) is 0.701. The van der Waals surface area contributed by atoms with Crippen molar-refractivity contribution in [1.82, 2.24) is 4.90 Å². The first-order valence-electron chi connectivity index (χ1n) is 13.4. The van der Waals surface area contributed by atoms with Gasteiger partial charge in [0.1, 0.15) is 0 Å². The van der Waals surface area contributed by atoms with Crippen molar-refractivity contribution in [2.75, 3.05) is 55.6 Å². The number of rotatable bonds is 6. The van der Waals surface area contributed by atoms with Crippen molar-refractivity contribution in [2.24, 2.45) is 5.41 Å². The van der Waals surface area contributed by atoms with Crippen LogP contribution in [0.5, 0.6) is 0 Å². The van der Waals surface area contributed by atoms with Gasteiger partial charge in [-0.25, -0.2) is 0 Å². The summed E-state index contributed by atoms with van der Waals surface area (Å²) >= 11 is 0. The van der Waals surface area contributed by atoms with E-state index in [9.17, 15) is 0 Å². The first kappa shape index (κ1) is 23.9. The third-order valence-corrected chi connectivity index (χ3v) is 8.12. The molecule has 1 aromatic rings. The second-order valence-electron chi connectivity index (χ2n) is 11.5. The van der Waals surface area contributed by atoms with Crippen molar-refractivity contribution in [3.05, 3.63) is 23.8 Å². The van der Waals surface area contributed by atoms with Gasteiger partial charge in [-0.1, -0.05) is 27.2 Å². The molecule has 3 fully saturated rings. The normalized spacial score (nSPS) is 27.7. The van der Waals surface area contributed by atoms with Gasteiger partial charge in [-0.15, -0.1) is 0 Å². The fraction of sp³-hybridized carbons (Fsp3) is 0.786. The van der Waals surface area contributed by atoms with E-state index in [1.54, 1.807) is 5.56 Å². The maximum Gasteiger partial charge on any atom is 0.0726 e. The van der Waals surface area contributed by atoms with Gasteiger partial charge in [0.05, 0.1) is 12.2 Å². The standard InChI is InChI=1S/C28H47N3O/c1-6-7-14-29-15-17-30(18-16-29)27-9-8-25(31-20-22(2)32-23(3)21-31)19-26(27)24-10-12-28(4,5)13-11-24/h8-9,19,22-24H,6-7,10-18,20-21H2,1-5H3/t22-,23+. The summed E-state index contributed by atoms with van der Waals surface area (Å²) in [4.78, 5) is 7.90. The van der Waals surface area contributed by atoms with Gasteiger partial charge in [0.2, 0.25) is 0 Å². The summed E-state index contributed by atoms with van der Waals surface area (Å²) in [6.45, 7) is 19.6. The van der Waals surface area contributed by atoms with Gasteiger partial charge >= 0.3 is 0 Å². The SMILES string of the molecule is CCCCN1CCN(c2ccc(N3C[C@@H](C)O[C@@H](C)C3)cc2C2CCC(C)(C)CC2)CC1. The Kier molecular flexibility index (Phi) is 7.72. The Balaban J connectivity index is 1.55. The summed E-state index contributed by atoms with van der Waals surface area (Å²) < 4.78 is 6.01. The van der Waals surface area contributed by atoms with E-state index < -0.39 is 0 Å². The average Bonchev–Trinajstić information content (AvgIpc) is 2.77. The van der Waals surface area contributed by atoms with Gasteiger partial charge in [0, 0.05) is 50.6 Å². The van der Waals surface area contributed by atoms with Gasteiger partial charge in [-0.05, 0) is 87.6 Å². The third kappa shape index (κ3) is 5.80. The molecule has 0 amide bonds. The van der Waals surface area contributed by atoms with E-state index in [0.29, 0.717) is 23.5 Å². The first-order valence-corrected chi connectivity index (χ1v) is 13.4. The molecule has 0 unspecified atom stereocenters. The molecule has 4 heteroatoms. The Morgan fingerprint density at radius 1 is 0.938 bits per heavy atom. The van der Waals surface area contributed by atoms with Gasteiger partial charge in [0.15, 0.2) is 0 Å². The molecule has 1 aliphatic carbocycles. The van der Waals surface area contributed by atoms with Crippen LogP contribution in [0, 0.1) is 5.41 Å². The summed E-state index contributed by atoms with van der Waals surface area (Å²) in [5.41, 5.74) is 5.04. The van der Waals surface area contributed by atoms with Gasteiger partial charge in [-0.3, -0.25) is 4.90 Å². The zero-order valence-electron chi connectivity index (χ0n) is 21.4. The second kappa shape index (κ2) is 10.3. The van der Waals surface area contributed by atoms with E-state index in [4.69, 9.17) is 4.74 Å². The lowest BCUT2D eigenvalue weighted by Crippen LogP contribution is -2.47. The molecule has 3 aliphatic rings. The minimum Gasteiger partial charge on any atom is -0.372 e. The van der Waals surface area contributed by atoms with Crippen LogP contribution in [0.25, 0.3) is 0 Å². The highest BCUT2D eigenvalue weighted by Gasteiger charge is 2.31. The van der Waals surface area contributed by atoms with Crippen molar-refractivity contribution < 1.29 is 4.74 Å². The molecule has 4 rings (SSSR count). The van der Waals surface area contributed by atoms with E-state index >= 15 is 0 Å². The fourth-order valence-electron chi connectivity index (χ4n) is 6.05. The van der Waals surface area contributed by atoms with Crippen LogP contribution in [0.2, 0.25) is 0 Å². The Morgan fingerprint density at radius 2 is 1.59 bits per heavy atom. The number of benzene rings is 1. The molecule has 0 N–H and O–H groups in total. The minimum absolute atomic E-state index is 0.300. The van der Waals surface area contributed by atoms with Crippen LogP contribution in [0.1, 0.15) is 84.6 Å². The van der Waals surface area contributed by atoms with Crippen LogP contribution in [-0.4, -0.2) is 62.9 Å². The Bertz CT molecular complexity index is 720. The topological polar surface area (TPSA) is 19.0 Å². The monoisotopic (exact) mass is 441 g/mol. The van der Waals surface area contributed by atoms with Crippen LogP contribution in [-0.2, 0) is 4.74 Å². The number of ether oxygens (including phenoxy) is 1. The third-order valence-electron chi connectivity index (χ3n) is 8.12. The van der Waals surface area contributed by atoms with Gasteiger partial charge in [0.25, 0.3) is 0 Å². The molecule has 4 nitrogen and oxygen atoms in total. The lowest BCUT2D eigenvalue weighted by Gasteiger charge is -2.41. The molecule has 0 radical (unpaired) electrons. The number of nitrogens with zero attached hydrogens (tertiary/aromatic N) is 3. The molecule has 2 atom stereocenters. The number of unbranched alkanes of at least 4 members (excludes halogenated alkanes) is 1. The maximum atomic E-state index is 6.01. The summed E-state index contributed by atoms with van der Waals surface area (Å²) in [7, 11) is 0. The van der Waals surface area contributed by atoms with Crippen molar-refractivity contribution in [2.45, 2.75) is 91.3 Å². The molecule has 1 aromatic carbocycles. The second-order valence-corrected chi connectivity index (χ2v) is 11.5. The first-order chi connectivity index (χ1) is 15.3. The van der Waals surface area contributed by atoms with Crippen LogP contribution < -0.4 is 9.80 Å². The molecule has 2 saturated heterocycles. The molecular weight excluding hydrogens is 394 g/mol. The highest BCUT2D eigenvalue weighted by Crippen LogP contribution is 2.45. The lowest BCUT2D eigenvalue weighted by molar-refractivity contribution is -0.00522. The predicted molar refractivity (Wildman–Crippen MR) is 137 cm³/mol. The molecule has 1 saturated carbocycles. The zero-order valence-corrected chi connectivity index (χ0v) is 21.4. The van der Waals surface area contributed by atoms with Crippen molar-refractivity contribution in [3.8, 4) is 0 Å². The van der Waals surface area contributed by atoms with Crippen LogP contribution in [0.3, 0.4) is 0 Å². The van der Waals surface area contributed by atoms with E-state index in [1.807, 2.05) is 0 Å². The van der Waals surface area contributed by atoms with E-state index in [0.717, 1.165) is 13.1 Å². The van der Waals surface area contributed by atoms with Crippen LogP contribution >= 0.6 is 0 Å². The zero-order chi connectivity index (χ0) is 22.7. The molecular formula is C28H47N3O. The molecule has 180 valence electrons. The number of anilines is 2. The van der Waals surface area contributed by atoms with E-state index in [1.165, 1.54) is 82.6 Å². The van der Waals surface area contributed by atoms with Crippen molar-refractivity contribution in [1.29, 1.82) is 0 Å². The van der Waals surface area contributed by atoms with Crippen molar-refractivity contribution in [3.63, 3.8) is 0 Å². The highest BCUT2D eigenvalue weighted by molar-refractivity contribution is 5.64. The maximum absolute atomic E-state index is 6.01. The number of hydrogen-bond acceptors (Lipinski definition) is 4. The number of piperazine rings is 1. The summed E-state index contributed by atoms with van der Waals surface area (Å²) in [6.07, 6.45) is 8.57. The average molecular weight is 442 g/mol. The molecule has 0 aromatic heterocycles. The summed E-state index contributed by atoms with van der Waals surface area (Å²) in [6, 6.07) is 7.41. The Morgan fingerprint density at radius 3 is 2.22 bits per heavy atom. The van der Waals surface area contributed by atoms with Gasteiger partial charge < -0.3 is 14.5 Å². The Labute approximate surface area is 197 Å². The predicted octanol–water partition coefficient (Wildman–Crippen LogP) is 5.91.